The zero-order chi connectivity index (χ0) is 24.6. The topological polar surface area (TPSA) is 62.2 Å². The third-order valence-electron chi connectivity index (χ3n) is 6.56. The minimum absolute atomic E-state index is 0.0683. The number of hydrogen-bond acceptors (Lipinski definition) is 3. The summed E-state index contributed by atoms with van der Waals surface area (Å²) in [6.07, 6.45) is -1.71. The Balaban J connectivity index is 1.38. The number of rotatable bonds is 5. The van der Waals surface area contributed by atoms with Crippen molar-refractivity contribution in [2.45, 2.75) is 37.4 Å². The minimum Gasteiger partial charge on any atom is -0.333 e. The molecule has 2 aliphatic rings. The van der Waals surface area contributed by atoms with Crippen LogP contribution >= 0.6 is 11.6 Å². The number of carbonyl (C=O) groups is 1. The molecule has 2 heterocycles. The molecule has 5 rings (SSSR count). The van der Waals surface area contributed by atoms with Crippen LogP contribution < -0.4 is 10.6 Å². The van der Waals surface area contributed by atoms with Gasteiger partial charge in [0.1, 0.15) is 5.82 Å². The predicted octanol–water partition coefficient (Wildman–Crippen LogP) is 5.17. The maximum atomic E-state index is 13.2. The van der Waals surface area contributed by atoms with E-state index in [9.17, 15) is 18.0 Å². The third kappa shape index (κ3) is 5.16. The van der Waals surface area contributed by atoms with Gasteiger partial charge in [0.25, 0.3) is 0 Å². The summed E-state index contributed by atoms with van der Waals surface area (Å²) in [7, 11) is 0. The Morgan fingerprint density at radius 3 is 2.54 bits per heavy atom. The van der Waals surface area contributed by atoms with E-state index in [2.05, 4.69) is 10.6 Å². The number of hydrogen-bond donors (Lipinski definition) is 2. The van der Waals surface area contributed by atoms with E-state index in [1.54, 1.807) is 28.9 Å². The summed E-state index contributed by atoms with van der Waals surface area (Å²) in [5, 5.41) is 11.0. The Morgan fingerprint density at radius 2 is 1.80 bits per heavy atom. The zero-order valence-corrected chi connectivity index (χ0v) is 19.6. The van der Waals surface area contributed by atoms with Crippen molar-refractivity contribution in [1.82, 2.24) is 20.0 Å². The van der Waals surface area contributed by atoms with Crippen molar-refractivity contribution in [3.63, 3.8) is 0 Å². The molecular formula is C25H25ClF3N5O. The molecule has 184 valence electrons. The monoisotopic (exact) mass is 503 g/mol. The van der Waals surface area contributed by atoms with Crippen LogP contribution in [-0.2, 0) is 12.8 Å². The van der Waals surface area contributed by atoms with Crippen LogP contribution in [0.4, 0.5) is 23.8 Å². The highest BCUT2D eigenvalue weighted by Gasteiger charge is 2.41. The summed E-state index contributed by atoms with van der Waals surface area (Å²) in [5.41, 5.74) is 3.50. The second-order valence-corrected chi connectivity index (χ2v) is 9.42. The van der Waals surface area contributed by atoms with E-state index in [0.29, 0.717) is 10.8 Å². The summed E-state index contributed by atoms with van der Waals surface area (Å²) < 4.78 is 41.1. The lowest BCUT2D eigenvalue weighted by atomic mass is 9.94. The summed E-state index contributed by atoms with van der Waals surface area (Å²) in [4.78, 5) is 14.5. The van der Waals surface area contributed by atoms with Crippen molar-refractivity contribution in [2.24, 2.45) is 0 Å². The number of alkyl halides is 3. The molecule has 2 amide bonds. The number of nitrogens with one attached hydrogen (secondary N) is 2. The van der Waals surface area contributed by atoms with Gasteiger partial charge in [0.05, 0.1) is 24.0 Å². The van der Waals surface area contributed by atoms with Crippen molar-refractivity contribution in [3.05, 3.63) is 76.4 Å². The molecule has 1 aromatic heterocycles. The molecule has 35 heavy (non-hydrogen) atoms. The first-order valence-corrected chi connectivity index (χ1v) is 11.9. The van der Waals surface area contributed by atoms with E-state index in [4.69, 9.17) is 16.7 Å². The molecule has 2 atom stereocenters. The summed E-state index contributed by atoms with van der Waals surface area (Å²) >= 11 is 6.37. The molecule has 0 unspecified atom stereocenters. The van der Waals surface area contributed by atoms with Crippen LogP contribution in [0.5, 0.6) is 0 Å². The van der Waals surface area contributed by atoms with Gasteiger partial charge in [-0.15, -0.1) is 0 Å². The molecule has 1 aliphatic carbocycles. The van der Waals surface area contributed by atoms with E-state index in [-0.39, 0.29) is 19.0 Å². The van der Waals surface area contributed by atoms with Gasteiger partial charge in [-0.1, -0.05) is 48.0 Å². The third-order valence-corrected chi connectivity index (χ3v) is 6.90. The summed E-state index contributed by atoms with van der Waals surface area (Å²) in [6.45, 7) is -0.827. The number of carbonyl (C=O) groups excluding carboxylic acids is 1. The van der Waals surface area contributed by atoms with E-state index < -0.39 is 24.8 Å². The second-order valence-electron chi connectivity index (χ2n) is 9.02. The quantitative estimate of drug-likeness (QED) is 0.505. The summed E-state index contributed by atoms with van der Waals surface area (Å²) in [5.74, 6) is 0.224. The lowest BCUT2D eigenvalue weighted by Gasteiger charge is -2.22. The van der Waals surface area contributed by atoms with E-state index in [1.165, 1.54) is 4.90 Å². The van der Waals surface area contributed by atoms with Gasteiger partial charge in [-0.05, 0) is 43.0 Å². The molecule has 10 heteroatoms. The molecule has 2 N–H and O–H groups in total. The fourth-order valence-electron chi connectivity index (χ4n) is 5.09. The lowest BCUT2D eigenvalue weighted by Crippen LogP contribution is -2.43. The van der Waals surface area contributed by atoms with Gasteiger partial charge in [0.2, 0.25) is 0 Å². The van der Waals surface area contributed by atoms with Crippen molar-refractivity contribution < 1.29 is 18.0 Å². The molecule has 3 aromatic rings. The number of amides is 2. The Kier molecular flexibility index (Phi) is 6.46. The molecular weight excluding hydrogens is 479 g/mol. The maximum absolute atomic E-state index is 13.2. The Hall–Kier alpha value is -3.04. The fourth-order valence-corrected chi connectivity index (χ4v) is 5.37. The number of halogens is 4. The number of benzene rings is 2. The van der Waals surface area contributed by atoms with Crippen molar-refractivity contribution in [2.75, 3.05) is 25.0 Å². The van der Waals surface area contributed by atoms with Gasteiger partial charge < -0.3 is 5.32 Å². The first-order chi connectivity index (χ1) is 16.8. The number of aryl methyl sites for hydroxylation is 1. The summed E-state index contributed by atoms with van der Waals surface area (Å²) in [6, 6.07) is 15.6. The van der Waals surface area contributed by atoms with Gasteiger partial charge in [0.15, 0.2) is 0 Å². The standard InChI is InChI=1S/C25H25ClF3N5O/c26-20-11-5-4-9-17(20)19-13-33(15-25(27,28)29)14-22(19)30-24(35)31-23-18-10-6-12-21(18)32-34(23)16-7-2-1-3-8-16/h1-5,7-9,11,19,22H,6,10,12-15H2,(H2,30,31,35)/t19-,22+/m0/s1. The van der Waals surface area contributed by atoms with Crippen LogP contribution in [0.1, 0.15) is 29.2 Å². The molecule has 1 saturated heterocycles. The fraction of sp³-hybridized carbons (Fsp3) is 0.360. The number of fused-ring (bicyclic) bond motifs is 1. The highest BCUT2D eigenvalue weighted by atomic mass is 35.5. The maximum Gasteiger partial charge on any atom is 0.401 e. The van der Waals surface area contributed by atoms with Gasteiger partial charge in [-0.3, -0.25) is 10.2 Å². The van der Waals surface area contributed by atoms with Gasteiger partial charge in [0, 0.05) is 29.6 Å². The van der Waals surface area contributed by atoms with Gasteiger partial charge >= 0.3 is 12.2 Å². The zero-order valence-electron chi connectivity index (χ0n) is 18.9. The van der Waals surface area contributed by atoms with Crippen molar-refractivity contribution in [3.8, 4) is 5.69 Å². The van der Waals surface area contributed by atoms with Crippen LogP contribution in [0.25, 0.3) is 5.69 Å². The Morgan fingerprint density at radius 1 is 1.06 bits per heavy atom. The average Bonchev–Trinajstić information content (AvgIpc) is 3.50. The largest absolute Gasteiger partial charge is 0.401 e. The number of likely N-dealkylation sites (tertiary alicyclic amines) is 1. The number of aromatic nitrogens is 2. The van der Waals surface area contributed by atoms with Crippen LogP contribution in [-0.4, -0.2) is 52.6 Å². The van der Waals surface area contributed by atoms with E-state index >= 15 is 0 Å². The van der Waals surface area contributed by atoms with Crippen LogP contribution in [0.2, 0.25) is 5.02 Å². The first kappa shape index (κ1) is 23.7. The van der Waals surface area contributed by atoms with Crippen molar-refractivity contribution in [1.29, 1.82) is 0 Å². The highest BCUT2D eigenvalue weighted by molar-refractivity contribution is 6.31. The SMILES string of the molecule is O=C(Nc1c2c(nn1-c1ccccc1)CCC2)N[C@@H]1CN(CC(F)(F)F)C[C@H]1c1ccccc1Cl. The van der Waals surface area contributed by atoms with Crippen LogP contribution in [0.3, 0.4) is 0 Å². The number of anilines is 1. The number of nitrogens with zero attached hydrogens (tertiary/aromatic N) is 3. The first-order valence-electron chi connectivity index (χ1n) is 11.6. The lowest BCUT2D eigenvalue weighted by molar-refractivity contribution is -0.143. The number of para-hydroxylation sites is 1. The van der Waals surface area contributed by atoms with Crippen LogP contribution in [0.15, 0.2) is 54.6 Å². The average molecular weight is 504 g/mol. The molecule has 2 aromatic carbocycles. The molecule has 0 saturated carbocycles. The van der Waals surface area contributed by atoms with Gasteiger partial charge in [-0.2, -0.15) is 18.3 Å². The smallest absolute Gasteiger partial charge is 0.333 e. The number of urea groups is 1. The Bertz CT molecular complexity index is 1210. The molecule has 6 nitrogen and oxygen atoms in total. The van der Waals surface area contributed by atoms with Crippen LogP contribution in [0, 0.1) is 0 Å². The minimum atomic E-state index is -4.33. The normalized spacial score (nSPS) is 20.1. The molecule has 0 radical (unpaired) electrons. The predicted molar refractivity (Wildman–Crippen MR) is 128 cm³/mol. The van der Waals surface area contributed by atoms with E-state index in [1.807, 2.05) is 30.3 Å². The second kappa shape index (κ2) is 9.54. The highest BCUT2D eigenvalue weighted by Crippen LogP contribution is 2.34. The Labute approximate surface area is 206 Å². The van der Waals surface area contributed by atoms with Gasteiger partial charge in [-0.25, -0.2) is 9.48 Å². The molecule has 0 spiro atoms. The van der Waals surface area contributed by atoms with E-state index in [0.717, 1.165) is 41.8 Å². The van der Waals surface area contributed by atoms with Crippen molar-refractivity contribution >= 4 is 23.4 Å². The molecule has 1 aliphatic heterocycles. The molecule has 1 fully saturated rings. The molecule has 0 bridgehead atoms.